The molecular weight excluding hydrogens is 272 g/mol. The molecule has 0 aromatic heterocycles. The number of carbonyl (C=O) groups excluding carboxylic acids is 1. The van der Waals surface area contributed by atoms with Gasteiger partial charge < -0.3 is 10.6 Å². The van der Waals surface area contributed by atoms with E-state index in [-0.39, 0.29) is 23.9 Å². The van der Waals surface area contributed by atoms with E-state index in [1.807, 2.05) is 4.90 Å². The Balaban J connectivity index is 1.96. The van der Waals surface area contributed by atoms with Crippen molar-refractivity contribution >= 4 is 5.91 Å². The summed E-state index contributed by atoms with van der Waals surface area (Å²) >= 11 is 0. The topological polar surface area (TPSA) is 46.3 Å². The van der Waals surface area contributed by atoms with Crippen molar-refractivity contribution in [3.63, 3.8) is 0 Å². The molecule has 22 heavy (non-hydrogen) atoms. The lowest BCUT2D eigenvalue weighted by atomic mass is 9.92. The Kier molecular flexibility index (Phi) is 5.63. The van der Waals surface area contributed by atoms with E-state index in [9.17, 15) is 4.79 Å². The van der Waals surface area contributed by atoms with Gasteiger partial charge in [-0.15, -0.1) is 0 Å². The molecule has 3 nitrogen and oxygen atoms in total. The first-order chi connectivity index (χ1) is 10.4. The molecule has 2 N–H and O–H groups in total. The molecule has 1 aromatic rings. The standard InChI is InChI=1S/C19H30N2O/c1-13(2)16-5-7-17(8-6-16)14(3)11-19(22)21-10-9-18(20)12-15(21)4/h5-8,13-15,18H,9-12,20H2,1-4H3/t14-,15+,18-/m1/s1. The Morgan fingerprint density at radius 1 is 1.23 bits per heavy atom. The zero-order valence-corrected chi connectivity index (χ0v) is 14.4. The van der Waals surface area contributed by atoms with Crippen LogP contribution in [0.1, 0.15) is 69.9 Å². The van der Waals surface area contributed by atoms with Gasteiger partial charge in [0.2, 0.25) is 5.91 Å². The SMILES string of the molecule is CC(C)c1ccc([C@H](C)CC(=O)N2CC[C@@H](N)C[C@@H]2C)cc1. The third kappa shape index (κ3) is 4.10. The third-order valence-corrected chi connectivity index (χ3v) is 4.89. The summed E-state index contributed by atoms with van der Waals surface area (Å²) in [6.45, 7) is 9.46. The Labute approximate surface area is 134 Å². The van der Waals surface area contributed by atoms with Crippen molar-refractivity contribution in [2.45, 2.75) is 70.9 Å². The smallest absolute Gasteiger partial charge is 0.223 e. The monoisotopic (exact) mass is 302 g/mol. The summed E-state index contributed by atoms with van der Waals surface area (Å²) in [5.41, 5.74) is 8.58. The van der Waals surface area contributed by atoms with Gasteiger partial charge in [0, 0.05) is 25.0 Å². The van der Waals surface area contributed by atoms with Crippen LogP contribution in [0.25, 0.3) is 0 Å². The van der Waals surface area contributed by atoms with Crippen molar-refractivity contribution < 1.29 is 4.79 Å². The first kappa shape index (κ1) is 17.0. The molecule has 0 unspecified atom stereocenters. The highest BCUT2D eigenvalue weighted by Crippen LogP contribution is 2.25. The highest BCUT2D eigenvalue weighted by atomic mass is 16.2. The van der Waals surface area contributed by atoms with E-state index >= 15 is 0 Å². The molecule has 1 aliphatic rings. The summed E-state index contributed by atoms with van der Waals surface area (Å²) in [6.07, 6.45) is 2.43. The van der Waals surface area contributed by atoms with Gasteiger partial charge in [-0.1, -0.05) is 45.0 Å². The number of nitrogens with two attached hydrogens (primary N) is 1. The number of likely N-dealkylation sites (tertiary alicyclic amines) is 1. The molecule has 0 spiro atoms. The molecule has 1 aliphatic heterocycles. The van der Waals surface area contributed by atoms with Crippen molar-refractivity contribution in [3.8, 4) is 0 Å². The number of carbonyl (C=O) groups is 1. The van der Waals surface area contributed by atoms with E-state index in [2.05, 4.69) is 52.0 Å². The number of hydrogen-bond acceptors (Lipinski definition) is 2. The van der Waals surface area contributed by atoms with E-state index < -0.39 is 0 Å². The van der Waals surface area contributed by atoms with Crippen LogP contribution in [0.2, 0.25) is 0 Å². The molecule has 1 amide bonds. The summed E-state index contributed by atoms with van der Waals surface area (Å²) in [5.74, 6) is 1.07. The summed E-state index contributed by atoms with van der Waals surface area (Å²) < 4.78 is 0. The molecule has 3 heteroatoms. The minimum Gasteiger partial charge on any atom is -0.340 e. The highest BCUT2D eigenvalue weighted by molar-refractivity contribution is 5.77. The first-order valence-corrected chi connectivity index (χ1v) is 8.53. The third-order valence-electron chi connectivity index (χ3n) is 4.89. The van der Waals surface area contributed by atoms with Crippen LogP contribution in [-0.2, 0) is 4.79 Å². The van der Waals surface area contributed by atoms with Crippen LogP contribution < -0.4 is 5.73 Å². The lowest BCUT2D eigenvalue weighted by Gasteiger charge is -2.37. The van der Waals surface area contributed by atoms with Gasteiger partial charge in [0.25, 0.3) is 0 Å². The molecule has 0 saturated carbocycles. The fourth-order valence-corrected chi connectivity index (χ4v) is 3.29. The van der Waals surface area contributed by atoms with Gasteiger partial charge in [-0.05, 0) is 42.7 Å². The molecule has 0 bridgehead atoms. The number of rotatable bonds is 4. The maximum absolute atomic E-state index is 12.6. The van der Waals surface area contributed by atoms with Crippen LogP contribution in [0.15, 0.2) is 24.3 Å². The zero-order valence-electron chi connectivity index (χ0n) is 14.4. The second kappa shape index (κ2) is 7.28. The lowest BCUT2D eigenvalue weighted by Crippen LogP contribution is -2.48. The van der Waals surface area contributed by atoms with Gasteiger partial charge in [-0.25, -0.2) is 0 Å². The minimum atomic E-state index is 0.250. The minimum absolute atomic E-state index is 0.250. The predicted molar refractivity (Wildman–Crippen MR) is 91.9 cm³/mol. The summed E-state index contributed by atoms with van der Waals surface area (Å²) in [7, 11) is 0. The number of piperidine rings is 1. The van der Waals surface area contributed by atoms with E-state index in [1.165, 1.54) is 11.1 Å². The first-order valence-electron chi connectivity index (χ1n) is 8.53. The Hall–Kier alpha value is -1.35. The normalized spacial score (nSPS) is 23.6. The summed E-state index contributed by atoms with van der Waals surface area (Å²) in [5, 5.41) is 0. The molecule has 122 valence electrons. The van der Waals surface area contributed by atoms with E-state index in [1.54, 1.807) is 0 Å². The lowest BCUT2D eigenvalue weighted by molar-refractivity contribution is -0.134. The van der Waals surface area contributed by atoms with Crippen molar-refractivity contribution in [2.24, 2.45) is 5.73 Å². The van der Waals surface area contributed by atoms with Gasteiger partial charge in [-0.2, -0.15) is 0 Å². The Morgan fingerprint density at radius 2 is 1.82 bits per heavy atom. The molecule has 3 atom stereocenters. The number of nitrogens with zero attached hydrogens (tertiary/aromatic N) is 1. The van der Waals surface area contributed by atoms with Crippen molar-refractivity contribution in [3.05, 3.63) is 35.4 Å². The van der Waals surface area contributed by atoms with Crippen LogP contribution >= 0.6 is 0 Å². The summed E-state index contributed by atoms with van der Waals surface area (Å²) in [4.78, 5) is 14.6. The quantitative estimate of drug-likeness (QED) is 0.923. The predicted octanol–water partition coefficient (Wildman–Crippen LogP) is 3.64. The van der Waals surface area contributed by atoms with Crippen LogP contribution in [0.4, 0.5) is 0 Å². The van der Waals surface area contributed by atoms with Gasteiger partial charge in [0.05, 0.1) is 0 Å². The van der Waals surface area contributed by atoms with Crippen molar-refractivity contribution in [1.29, 1.82) is 0 Å². The van der Waals surface area contributed by atoms with Crippen molar-refractivity contribution in [1.82, 2.24) is 4.90 Å². The molecular formula is C19H30N2O. The van der Waals surface area contributed by atoms with E-state index in [0.29, 0.717) is 12.3 Å². The van der Waals surface area contributed by atoms with Gasteiger partial charge in [-0.3, -0.25) is 4.79 Å². The molecule has 0 aliphatic carbocycles. The largest absolute Gasteiger partial charge is 0.340 e. The van der Waals surface area contributed by atoms with E-state index in [4.69, 9.17) is 5.73 Å². The number of hydrogen-bond donors (Lipinski definition) is 1. The molecule has 1 fully saturated rings. The highest BCUT2D eigenvalue weighted by Gasteiger charge is 2.27. The molecule has 1 saturated heterocycles. The van der Waals surface area contributed by atoms with Gasteiger partial charge in [0.1, 0.15) is 0 Å². The van der Waals surface area contributed by atoms with Gasteiger partial charge >= 0.3 is 0 Å². The number of benzene rings is 1. The molecule has 2 rings (SSSR count). The second-order valence-electron chi connectivity index (χ2n) is 7.15. The fraction of sp³-hybridized carbons (Fsp3) is 0.632. The van der Waals surface area contributed by atoms with Gasteiger partial charge in [0.15, 0.2) is 0 Å². The fourth-order valence-electron chi connectivity index (χ4n) is 3.29. The average Bonchev–Trinajstić information content (AvgIpc) is 2.47. The Bertz CT molecular complexity index is 495. The molecule has 0 radical (unpaired) electrons. The van der Waals surface area contributed by atoms with Crippen LogP contribution in [0.5, 0.6) is 0 Å². The second-order valence-corrected chi connectivity index (χ2v) is 7.15. The summed E-state index contributed by atoms with van der Waals surface area (Å²) in [6, 6.07) is 9.23. The van der Waals surface area contributed by atoms with Crippen molar-refractivity contribution in [2.75, 3.05) is 6.54 Å². The van der Waals surface area contributed by atoms with E-state index in [0.717, 1.165) is 19.4 Å². The van der Waals surface area contributed by atoms with Crippen LogP contribution in [0, 0.1) is 0 Å². The average molecular weight is 302 g/mol. The Morgan fingerprint density at radius 3 is 2.36 bits per heavy atom. The van der Waals surface area contributed by atoms with Crippen LogP contribution in [-0.4, -0.2) is 29.4 Å². The maximum Gasteiger partial charge on any atom is 0.223 e. The number of amides is 1. The van der Waals surface area contributed by atoms with Crippen LogP contribution in [0.3, 0.4) is 0 Å². The molecule has 1 heterocycles. The zero-order chi connectivity index (χ0) is 16.3. The molecule has 1 aromatic carbocycles. The maximum atomic E-state index is 12.6.